The monoisotopic (exact) mass is 202 g/mol. The second-order valence-electron chi connectivity index (χ2n) is 3.15. The normalized spacial score (nSPS) is 14.9. The quantitative estimate of drug-likeness (QED) is 0.571. The van der Waals surface area contributed by atoms with E-state index < -0.39 is 0 Å². The number of nitrogen functional groups attached to an aromatic ring is 1. The van der Waals surface area contributed by atoms with Crippen LogP contribution in [0.25, 0.3) is 0 Å². The van der Waals surface area contributed by atoms with Gasteiger partial charge >= 0.3 is 0 Å². The summed E-state index contributed by atoms with van der Waals surface area (Å²) in [6.07, 6.45) is 2.20. The van der Waals surface area contributed by atoms with E-state index in [0.29, 0.717) is 5.92 Å². The molecule has 1 aliphatic rings. The lowest BCUT2D eigenvalue weighted by Gasteiger charge is -2.04. The molecule has 2 nitrogen and oxygen atoms in total. The van der Waals surface area contributed by atoms with E-state index in [-0.39, 0.29) is 18.2 Å². The minimum absolute atomic E-state index is 0. The molecule has 1 aliphatic carbocycles. The number of anilines is 1. The van der Waals surface area contributed by atoms with Gasteiger partial charge < -0.3 is 5.43 Å². The van der Waals surface area contributed by atoms with E-state index in [9.17, 15) is 4.39 Å². The summed E-state index contributed by atoms with van der Waals surface area (Å²) in [6.45, 7) is 0. The largest absolute Gasteiger partial charge is 0.324 e. The third-order valence-electron chi connectivity index (χ3n) is 2.18. The number of hydrazine groups is 1. The zero-order valence-electron chi connectivity index (χ0n) is 7.09. The fraction of sp³-hybridized carbons (Fsp3) is 0.333. The Hall–Kier alpha value is -0.800. The summed E-state index contributed by atoms with van der Waals surface area (Å²) in [5, 5.41) is 0. The number of nitrogens with one attached hydrogen (secondary N) is 1. The van der Waals surface area contributed by atoms with Gasteiger partial charge in [-0.1, -0.05) is 0 Å². The van der Waals surface area contributed by atoms with E-state index in [1.54, 1.807) is 12.1 Å². The summed E-state index contributed by atoms with van der Waals surface area (Å²) in [5.74, 6) is 5.53. The van der Waals surface area contributed by atoms with Gasteiger partial charge in [-0.05, 0) is 42.5 Å². The highest BCUT2D eigenvalue weighted by molar-refractivity contribution is 5.85. The van der Waals surface area contributed by atoms with Crippen LogP contribution >= 0.6 is 12.4 Å². The Kier molecular flexibility index (Phi) is 3.12. The molecule has 0 radical (unpaired) electrons. The molecule has 0 spiro atoms. The van der Waals surface area contributed by atoms with Crippen LogP contribution in [-0.2, 0) is 0 Å². The molecule has 0 bridgehead atoms. The van der Waals surface area contributed by atoms with E-state index >= 15 is 0 Å². The van der Waals surface area contributed by atoms with Crippen LogP contribution in [0.4, 0.5) is 10.1 Å². The Labute approximate surface area is 82.7 Å². The molecular formula is C9H12ClFN2. The minimum atomic E-state index is -0.114. The second-order valence-corrected chi connectivity index (χ2v) is 3.15. The number of rotatable bonds is 2. The summed E-state index contributed by atoms with van der Waals surface area (Å²) >= 11 is 0. The van der Waals surface area contributed by atoms with Crippen LogP contribution in [0, 0.1) is 5.82 Å². The number of nitrogens with two attached hydrogens (primary N) is 1. The van der Waals surface area contributed by atoms with Crippen molar-refractivity contribution >= 4 is 18.1 Å². The summed E-state index contributed by atoms with van der Waals surface area (Å²) in [6, 6.07) is 4.89. The summed E-state index contributed by atoms with van der Waals surface area (Å²) < 4.78 is 13.1. The minimum Gasteiger partial charge on any atom is -0.324 e. The van der Waals surface area contributed by atoms with E-state index in [2.05, 4.69) is 5.43 Å². The van der Waals surface area contributed by atoms with Crippen molar-refractivity contribution in [1.82, 2.24) is 0 Å². The highest BCUT2D eigenvalue weighted by atomic mass is 35.5. The van der Waals surface area contributed by atoms with Gasteiger partial charge in [0.1, 0.15) is 5.82 Å². The zero-order chi connectivity index (χ0) is 8.55. The molecule has 13 heavy (non-hydrogen) atoms. The average molecular weight is 203 g/mol. The standard InChI is InChI=1S/C9H11FN2.ClH/c10-9-4-3-7(12-11)5-8(9)6-1-2-6;/h3-6,12H,1-2,11H2;1H. The molecule has 0 aliphatic heterocycles. The smallest absolute Gasteiger partial charge is 0.126 e. The van der Waals surface area contributed by atoms with Crippen LogP contribution in [0.15, 0.2) is 18.2 Å². The Morgan fingerprint density at radius 1 is 1.38 bits per heavy atom. The maximum absolute atomic E-state index is 13.1. The SMILES string of the molecule is Cl.NNc1ccc(F)c(C2CC2)c1. The molecule has 0 unspecified atom stereocenters. The molecule has 3 N–H and O–H groups in total. The van der Waals surface area contributed by atoms with Gasteiger partial charge in [0.15, 0.2) is 0 Å². The maximum atomic E-state index is 13.1. The molecule has 0 heterocycles. The first-order valence-electron chi connectivity index (χ1n) is 4.07. The molecule has 1 saturated carbocycles. The third-order valence-corrected chi connectivity index (χ3v) is 2.18. The molecule has 4 heteroatoms. The van der Waals surface area contributed by atoms with Crippen molar-refractivity contribution in [1.29, 1.82) is 0 Å². The number of hydrogen-bond acceptors (Lipinski definition) is 2. The predicted octanol–water partition coefficient (Wildman–Crippen LogP) is 2.41. The van der Waals surface area contributed by atoms with Gasteiger partial charge in [-0.25, -0.2) is 4.39 Å². The highest BCUT2D eigenvalue weighted by Crippen LogP contribution is 2.41. The van der Waals surface area contributed by atoms with Gasteiger partial charge in [0.2, 0.25) is 0 Å². The molecule has 0 atom stereocenters. The summed E-state index contributed by atoms with van der Waals surface area (Å²) in [7, 11) is 0. The maximum Gasteiger partial charge on any atom is 0.126 e. The summed E-state index contributed by atoms with van der Waals surface area (Å²) in [5.41, 5.74) is 4.08. The van der Waals surface area contributed by atoms with Crippen LogP contribution in [-0.4, -0.2) is 0 Å². The Balaban J connectivity index is 0.000000845. The molecular weight excluding hydrogens is 191 g/mol. The van der Waals surface area contributed by atoms with E-state index in [1.807, 2.05) is 0 Å². The topological polar surface area (TPSA) is 38.0 Å². The first-order chi connectivity index (χ1) is 5.81. The molecule has 1 aromatic carbocycles. The van der Waals surface area contributed by atoms with Crippen molar-refractivity contribution in [2.75, 3.05) is 5.43 Å². The number of halogens is 2. The fourth-order valence-electron chi connectivity index (χ4n) is 1.34. The Bertz CT molecular complexity index is 300. The van der Waals surface area contributed by atoms with Crippen molar-refractivity contribution in [3.05, 3.63) is 29.6 Å². The number of hydrogen-bond donors (Lipinski definition) is 2. The van der Waals surface area contributed by atoms with Crippen molar-refractivity contribution < 1.29 is 4.39 Å². The Morgan fingerprint density at radius 3 is 2.62 bits per heavy atom. The van der Waals surface area contributed by atoms with E-state index in [4.69, 9.17) is 5.84 Å². The fourth-order valence-corrected chi connectivity index (χ4v) is 1.34. The van der Waals surface area contributed by atoms with Gasteiger partial charge in [0.25, 0.3) is 0 Å². The molecule has 0 aromatic heterocycles. The lowest BCUT2D eigenvalue weighted by atomic mass is 10.1. The van der Waals surface area contributed by atoms with Crippen LogP contribution in [0.2, 0.25) is 0 Å². The molecule has 0 amide bonds. The lowest BCUT2D eigenvalue weighted by molar-refractivity contribution is 0.611. The molecule has 72 valence electrons. The van der Waals surface area contributed by atoms with Crippen LogP contribution in [0.3, 0.4) is 0 Å². The van der Waals surface area contributed by atoms with Gasteiger partial charge in [0.05, 0.1) is 0 Å². The molecule has 0 saturated heterocycles. The second kappa shape index (κ2) is 3.94. The highest BCUT2D eigenvalue weighted by Gasteiger charge is 2.26. The van der Waals surface area contributed by atoms with Crippen molar-refractivity contribution in [3.63, 3.8) is 0 Å². The van der Waals surface area contributed by atoms with Gasteiger partial charge in [-0.3, -0.25) is 5.84 Å². The average Bonchev–Trinajstić information content (AvgIpc) is 2.88. The molecule has 1 aromatic rings. The zero-order valence-corrected chi connectivity index (χ0v) is 7.90. The van der Waals surface area contributed by atoms with Crippen LogP contribution in [0.5, 0.6) is 0 Å². The summed E-state index contributed by atoms with van der Waals surface area (Å²) in [4.78, 5) is 0. The first-order valence-corrected chi connectivity index (χ1v) is 4.07. The van der Waals surface area contributed by atoms with Crippen molar-refractivity contribution in [2.24, 2.45) is 5.84 Å². The van der Waals surface area contributed by atoms with Crippen LogP contribution in [0.1, 0.15) is 24.3 Å². The van der Waals surface area contributed by atoms with Gasteiger partial charge in [-0.15, -0.1) is 12.4 Å². The first kappa shape index (κ1) is 10.3. The van der Waals surface area contributed by atoms with Crippen molar-refractivity contribution in [2.45, 2.75) is 18.8 Å². The third kappa shape index (κ3) is 2.11. The lowest BCUT2D eigenvalue weighted by Crippen LogP contribution is -2.07. The number of benzene rings is 1. The van der Waals surface area contributed by atoms with Gasteiger partial charge in [0, 0.05) is 5.69 Å². The Morgan fingerprint density at radius 2 is 2.08 bits per heavy atom. The van der Waals surface area contributed by atoms with Crippen molar-refractivity contribution in [3.8, 4) is 0 Å². The molecule has 2 rings (SSSR count). The van der Waals surface area contributed by atoms with E-state index in [1.165, 1.54) is 6.07 Å². The predicted molar refractivity (Wildman–Crippen MR) is 53.4 cm³/mol. The molecule has 1 fully saturated rings. The van der Waals surface area contributed by atoms with E-state index in [0.717, 1.165) is 24.1 Å². The van der Waals surface area contributed by atoms with Gasteiger partial charge in [-0.2, -0.15) is 0 Å². The van der Waals surface area contributed by atoms with Crippen LogP contribution < -0.4 is 11.3 Å².